The Labute approximate surface area is 141 Å². The molecule has 0 spiro atoms. The number of rotatable bonds is 5. The predicted molar refractivity (Wildman–Crippen MR) is 101 cm³/mol. The number of aromatic nitrogens is 2. The number of aliphatic imine (C=N–C) groups is 1. The van der Waals surface area contributed by atoms with Crippen molar-refractivity contribution in [2.75, 3.05) is 12.3 Å². The molecule has 3 N–H and O–H groups in total. The number of nitrogens with two attached hydrogens (primary N) is 1. The maximum atomic E-state index is 8.46. The summed E-state index contributed by atoms with van der Waals surface area (Å²) in [4.78, 5) is 12.2. The molecule has 0 bridgehead atoms. The molecular formula is C18H34N4O. The Morgan fingerprint density at radius 1 is 1.17 bits per heavy atom. The number of nitrogens with zero attached hydrogens (tertiary/aromatic N) is 3. The van der Waals surface area contributed by atoms with Crippen molar-refractivity contribution in [3.8, 4) is 0 Å². The van der Waals surface area contributed by atoms with Crippen LogP contribution in [-0.4, -0.2) is 27.9 Å². The zero-order chi connectivity index (χ0) is 18.3. The molecule has 5 heteroatoms. The second kappa shape index (κ2) is 15.2. The number of aryl methyl sites for hydroxylation is 2. The summed E-state index contributed by atoms with van der Waals surface area (Å²) < 4.78 is 0. The van der Waals surface area contributed by atoms with E-state index in [1.165, 1.54) is 0 Å². The van der Waals surface area contributed by atoms with Crippen LogP contribution in [0.25, 0.3) is 0 Å². The molecule has 1 heterocycles. The van der Waals surface area contributed by atoms with Crippen molar-refractivity contribution < 1.29 is 5.11 Å². The molecule has 1 aromatic heterocycles. The summed E-state index contributed by atoms with van der Waals surface area (Å²) in [6, 6.07) is 0. The number of aliphatic hydroxyl groups is 1. The lowest BCUT2D eigenvalue weighted by Gasteiger charge is -2.02. The number of hydrogen-bond donors (Lipinski definition) is 2. The Hall–Kier alpha value is -1.75. The molecule has 1 aromatic rings. The van der Waals surface area contributed by atoms with E-state index in [1.54, 1.807) is 6.21 Å². The van der Waals surface area contributed by atoms with Crippen molar-refractivity contribution in [3.05, 3.63) is 23.5 Å². The van der Waals surface area contributed by atoms with Gasteiger partial charge >= 0.3 is 0 Å². The third-order valence-electron chi connectivity index (χ3n) is 2.85. The zero-order valence-electron chi connectivity index (χ0n) is 15.8. The molecule has 0 aliphatic rings. The zero-order valence-corrected chi connectivity index (χ0v) is 15.8. The highest BCUT2D eigenvalue weighted by Crippen LogP contribution is 2.19. The Bertz CT molecular complexity index is 447. The van der Waals surface area contributed by atoms with Crippen LogP contribution in [-0.2, 0) is 0 Å². The summed E-state index contributed by atoms with van der Waals surface area (Å²) in [5.74, 6) is 0.933. The van der Waals surface area contributed by atoms with Gasteiger partial charge in [-0.3, -0.25) is 4.99 Å². The highest BCUT2D eigenvalue weighted by molar-refractivity contribution is 5.63. The van der Waals surface area contributed by atoms with Crippen LogP contribution in [0.15, 0.2) is 17.1 Å². The van der Waals surface area contributed by atoms with Gasteiger partial charge < -0.3 is 10.8 Å². The first-order chi connectivity index (χ1) is 11.0. The summed E-state index contributed by atoms with van der Waals surface area (Å²) in [5, 5.41) is 8.46. The fourth-order valence-electron chi connectivity index (χ4n) is 1.89. The second-order valence-electron chi connectivity index (χ2n) is 4.86. The van der Waals surface area contributed by atoms with Crippen molar-refractivity contribution in [1.29, 1.82) is 0 Å². The number of anilines is 1. The maximum Gasteiger partial charge on any atom is 0.220 e. The third-order valence-corrected chi connectivity index (χ3v) is 2.85. The normalized spacial score (nSPS) is 11.7. The first-order valence-electron chi connectivity index (χ1n) is 8.29. The minimum Gasteiger partial charge on any atom is -0.396 e. The van der Waals surface area contributed by atoms with Crippen molar-refractivity contribution in [2.45, 2.75) is 61.3 Å². The first-order valence-corrected chi connectivity index (χ1v) is 8.29. The topological polar surface area (TPSA) is 84.4 Å². The summed E-state index contributed by atoms with van der Waals surface area (Å²) in [5.41, 5.74) is 7.90. The predicted octanol–water partition coefficient (Wildman–Crippen LogP) is 4.40. The van der Waals surface area contributed by atoms with E-state index in [-0.39, 0.29) is 0 Å². The van der Waals surface area contributed by atoms with Gasteiger partial charge in [0.05, 0.1) is 11.4 Å². The van der Waals surface area contributed by atoms with Crippen LogP contribution in [0.3, 0.4) is 0 Å². The molecule has 1 unspecified atom stereocenters. The van der Waals surface area contributed by atoms with Gasteiger partial charge in [0.15, 0.2) is 0 Å². The van der Waals surface area contributed by atoms with Crippen LogP contribution in [0, 0.1) is 19.8 Å². The van der Waals surface area contributed by atoms with Crippen molar-refractivity contribution in [1.82, 2.24) is 9.97 Å². The van der Waals surface area contributed by atoms with Gasteiger partial charge in [0.1, 0.15) is 5.69 Å². The average molecular weight is 322 g/mol. The van der Waals surface area contributed by atoms with E-state index in [0.717, 1.165) is 29.9 Å². The van der Waals surface area contributed by atoms with Gasteiger partial charge in [-0.15, -0.1) is 0 Å². The largest absolute Gasteiger partial charge is 0.396 e. The van der Waals surface area contributed by atoms with Gasteiger partial charge in [0.25, 0.3) is 0 Å². The molecule has 132 valence electrons. The number of hydrogen-bond acceptors (Lipinski definition) is 5. The van der Waals surface area contributed by atoms with Crippen LogP contribution >= 0.6 is 0 Å². The van der Waals surface area contributed by atoms with Gasteiger partial charge in [-0.25, -0.2) is 9.97 Å². The summed E-state index contributed by atoms with van der Waals surface area (Å²) in [6.07, 6.45) is 7.96. The van der Waals surface area contributed by atoms with Crippen LogP contribution < -0.4 is 5.73 Å². The highest BCUT2D eigenvalue weighted by atomic mass is 16.2. The quantitative estimate of drug-likeness (QED) is 0.621. The molecule has 0 aliphatic heterocycles. The highest BCUT2D eigenvalue weighted by Gasteiger charge is 2.03. The van der Waals surface area contributed by atoms with Crippen molar-refractivity contribution in [3.63, 3.8) is 0 Å². The van der Waals surface area contributed by atoms with E-state index in [4.69, 9.17) is 10.8 Å². The average Bonchev–Trinajstić information content (AvgIpc) is 2.52. The molecule has 1 atom stereocenters. The minimum atomic E-state index is 0.306. The van der Waals surface area contributed by atoms with Crippen molar-refractivity contribution in [2.24, 2.45) is 10.9 Å². The van der Waals surface area contributed by atoms with E-state index in [0.29, 0.717) is 18.5 Å². The molecule has 0 amide bonds. The number of nitrogen functional groups attached to an aromatic ring is 1. The SMILES string of the molecule is C/C=C\C(C)CCCO.CC.CC=Nc1c(C)nc(N)nc1C. The smallest absolute Gasteiger partial charge is 0.220 e. The van der Waals surface area contributed by atoms with Crippen molar-refractivity contribution >= 4 is 17.9 Å². The van der Waals surface area contributed by atoms with Gasteiger partial charge in [-0.05, 0) is 46.5 Å². The molecule has 0 radical (unpaired) electrons. The van der Waals surface area contributed by atoms with Gasteiger partial charge in [-0.1, -0.05) is 32.9 Å². The van der Waals surface area contributed by atoms with E-state index >= 15 is 0 Å². The third kappa shape index (κ3) is 11.5. The molecule has 0 saturated heterocycles. The fourth-order valence-corrected chi connectivity index (χ4v) is 1.89. The van der Waals surface area contributed by atoms with E-state index < -0.39 is 0 Å². The Kier molecular flexibility index (Phi) is 15.5. The molecule has 0 aromatic carbocycles. The molecule has 0 aliphatic carbocycles. The van der Waals surface area contributed by atoms with Crippen LogP contribution in [0.4, 0.5) is 11.6 Å². The lowest BCUT2D eigenvalue weighted by atomic mass is 10.1. The molecule has 5 nitrogen and oxygen atoms in total. The second-order valence-corrected chi connectivity index (χ2v) is 4.86. The lowest BCUT2D eigenvalue weighted by Crippen LogP contribution is -1.99. The standard InChI is InChI=1S/C8H12N4.C8H16O.C2H6/c1-4-10-7-5(2)11-8(9)12-6(7)3;1-3-5-8(2)6-4-7-9;1-2/h4H,1-3H3,(H2,9,11,12);3,5,8-9H,4,6-7H2,1-2H3;1-2H3/b;5-3-;. The minimum absolute atomic E-state index is 0.306. The van der Waals surface area contributed by atoms with E-state index in [1.807, 2.05) is 41.5 Å². The number of allylic oxidation sites excluding steroid dienone is 2. The van der Waals surface area contributed by atoms with Crippen LogP contribution in [0.2, 0.25) is 0 Å². The summed E-state index contributed by atoms with van der Waals surface area (Å²) in [6.45, 7) is 14.1. The maximum absolute atomic E-state index is 8.46. The van der Waals surface area contributed by atoms with Gasteiger partial charge in [0.2, 0.25) is 5.95 Å². The fraction of sp³-hybridized carbons (Fsp3) is 0.611. The van der Waals surface area contributed by atoms with E-state index in [2.05, 4.69) is 34.0 Å². The summed E-state index contributed by atoms with van der Waals surface area (Å²) in [7, 11) is 0. The number of aliphatic hydroxyl groups excluding tert-OH is 1. The van der Waals surface area contributed by atoms with Crippen LogP contribution in [0.1, 0.15) is 58.8 Å². The monoisotopic (exact) mass is 322 g/mol. The van der Waals surface area contributed by atoms with Crippen LogP contribution in [0.5, 0.6) is 0 Å². The van der Waals surface area contributed by atoms with Gasteiger partial charge in [-0.2, -0.15) is 0 Å². The molecule has 0 fully saturated rings. The molecule has 0 saturated carbocycles. The van der Waals surface area contributed by atoms with Gasteiger partial charge in [0, 0.05) is 12.8 Å². The Morgan fingerprint density at radius 3 is 2.09 bits per heavy atom. The molecule has 1 rings (SSSR count). The molecular weight excluding hydrogens is 288 g/mol. The lowest BCUT2D eigenvalue weighted by molar-refractivity contribution is 0.279. The summed E-state index contributed by atoms with van der Waals surface area (Å²) >= 11 is 0. The van der Waals surface area contributed by atoms with E-state index in [9.17, 15) is 0 Å². The Morgan fingerprint density at radius 2 is 1.70 bits per heavy atom. The molecule has 23 heavy (non-hydrogen) atoms. The first kappa shape index (κ1) is 23.5. The Balaban J connectivity index is 0.